The Morgan fingerprint density at radius 2 is 2.31 bits per heavy atom. The summed E-state index contributed by atoms with van der Waals surface area (Å²) in [7, 11) is 0. The summed E-state index contributed by atoms with van der Waals surface area (Å²) in [6, 6.07) is -0.848. The number of rotatable bonds is 5. The van der Waals surface area contributed by atoms with E-state index in [4.69, 9.17) is 16.1 Å². The fraction of sp³-hybridized carbons (Fsp3) is 0.800. The highest BCUT2D eigenvalue weighted by atomic mass is 35.7. The minimum atomic E-state index is -4.28. The van der Waals surface area contributed by atoms with Gasteiger partial charge in [0.15, 0.2) is 0 Å². The van der Waals surface area contributed by atoms with Crippen molar-refractivity contribution >= 4 is 24.2 Å². The summed E-state index contributed by atoms with van der Waals surface area (Å²) in [6.07, 6.45) is 0. The van der Waals surface area contributed by atoms with E-state index in [1.165, 1.54) is 6.92 Å². The zero-order valence-corrected chi connectivity index (χ0v) is 8.84. The van der Waals surface area contributed by atoms with Gasteiger partial charge in [-0.1, -0.05) is 0 Å². The highest BCUT2D eigenvalue weighted by molar-refractivity contribution is 7.80. The lowest BCUT2D eigenvalue weighted by Gasteiger charge is -2.12. The summed E-state index contributed by atoms with van der Waals surface area (Å²) < 4.78 is 14.4. The third-order valence-electron chi connectivity index (χ3n) is 0.961. The van der Waals surface area contributed by atoms with E-state index in [1.807, 2.05) is 0 Å². The highest BCUT2D eigenvalue weighted by Gasteiger charge is 2.24. The van der Waals surface area contributed by atoms with Gasteiger partial charge in [0, 0.05) is 11.2 Å². The molecule has 0 aromatic carbocycles. The van der Waals surface area contributed by atoms with Gasteiger partial charge in [-0.25, -0.2) is 9.36 Å². The van der Waals surface area contributed by atoms with Crippen molar-refractivity contribution in [2.45, 2.75) is 19.9 Å². The molecule has 0 saturated heterocycles. The number of carbonyl (C=O) groups is 1. The van der Waals surface area contributed by atoms with E-state index in [2.05, 4.69) is 14.8 Å². The monoisotopic (exact) mass is 231 g/mol. The van der Waals surface area contributed by atoms with Crippen LogP contribution in [0.15, 0.2) is 0 Å². The lowest BCUT2D eigenvalue weighted by molar-refractivity contribution is -0.140. The first-order chi connectivity index (χ1) is 5.87. The van der Waals surface area contributed by atoms with Crippen molar-refractivity contribution in [3.8, 4) is 0 Å². The molecule has 0 radical (unpaired) electrons. The zero-order valence-electron chi connectivity index (χ0n) is 7.19. The van der Waals surface area contributed by atoms with E-state index in [1.54, 1.807) is 6.92 Å². The predicted octanol–water partition coefficient (Wildman–Crippen LogP) is 0.798. The Kier molecular flexibility index (Phi) is 5.51. The molecule has 0 bridgehead atoms. The molecule has 0 fully saturated rings. The summed E-state index contributed by atoms with van der Waals surface area (Å²) in [5.74, 6) is -0.950. The topological polar surface area (TPSA) is 84.9 Å². The van der Waals surface area contributed by atoms with Crippen LogP contribution >= 0.6 is 18.2 Å². The maximum atomic E-state index is 10.9. The summed E-state index contributed by atoms with van der Waals surface area (Å²) in [6.45, 7) is -0.805. The average molecular weight is 232 g/mol. The fourth-order valence-corrected chi connectivity index (χ4v) is 1.03. The quantitative estimate of drug-likeness (QED) is 0.538. The molecule has 0 rings (SSSR count). The molecule has 0 heterocycles. The van der Waals surface area contributed by atoms with Gasteiger partial charge in [0.25, 0.3) is 0 Å². The Morgan fingerprint density at radius 1 is 1.77 bits per heavy atom. The first-order valence-electron chi connectivity index (χ1n) is 3.50. The van der Waals surface area contributed by atoms with E-state index < -0.39 is 19.0 Å². The number of hydrogen-bond donors (Lipinski definition) is 2. The van der Waals surface area contributed by atoms with Gasteiger partial charge >= 0.3 is 12.9 Å². The van der Waals surface area contributed by atoms with E-state index in [0.717, 1.165) is 0 Å². The molecule has 13 heavy (non-hydrogen) atoms. The number of nitrogens with one attached hydrogen (secondary N) is 1. The standard InChI is InChI=1S/C5H11ClNO5P/c1-3-11-7-4(2)5(8)12-13(6,9)10/h4,7H,3H2,1-2H3,(H,9,10)/t4-/m0/s1. The third-order valence-corrected chi connectivity index (χ3v) is 1.57. The van der Waals surface area contributed by atoms with Crippen molar-refractivity contribution in [1.82, 2.24) is 5.48 Å². The van der Waals surface area contributed by atoms with Gasteiger partial charge in [-0.3, -0.25) is 0 Å². The van der Waals surface area contributed by atoms with Gasteiger partial charge in [0.05, 0.1) is 6.61 Å². The molecule has 0 amide bonds. The third kappa shape index (κ3) is 6.98. The van der Waals surface area contributed by atoms with Crippen LogP contribution < -0.4 is 5.48 Å². The van der Waals surface area contributed by atoms with Gasteiger partial charge < -0.3 is 14.3 Å². The molecule has 0 saturated carbocycles. The maximum Gasteiger partial charge on any atom is 0.476 e. The van der Waals surface area contributed by atoms with Gasteiger partial charge in [0.2, 0.25) is 0 Å². The Labute approximate surface area is 80.4 Å². The molecule has 6 nitrogen and oxygen atoms in total. The Morgan fingerprint density at radius 3 is 2.69 bits per heavy atom. The second-order valence-electron chi connectivity index (χ2n) is 2.13. The molecule has 0 aliphatic carbocycles. The summed E-state index contributed by atoms with van der Waals surface area (Å²) in [5, 5.41) is 0. The van der Waals surface area contributed by atoms with Crippen LogP contribution in [-0.4, -0.2) is 23.5 Å². The fourth-order valence-electron chi connectivity index (χ4n) is 0.446. The van der Waals surface area contributed by atoms with Crippen molar-refractivity contribution in [2.75, 3.05) is 6.61 Å². The van der Waals surface area contributed by atoms with Gasteiger partial charge in [-0.15, -0.1) is 0 Å². The van der Waals surface area contributed by atoms with Crippen molar-refractivity contribution < 1.29 is 23.6 Å². The van der Waals surface area contributed by atoms with Crippen LogP contribution in [0.3, 0.4) is 0 Å². The minimum Gasteiger partial charge on any atom is -0.379 e. The Bertz CT molecular complexity index is 217. The van der Waals surface area contributed by atoms with Crippen molar-refractivity contribution in [3.63, 3.8) is 0 Å². The Balaban J connectivity index is 3.90. The molecule has 8 heteroatoms. The summed E-state index contributed by atoms with van der Waals surface area (Å²) in [5.41, 5.74) is 2.29. The molecule has 0 aliphatic heterocycles. The van der Waals surface area contributed by atoms with Gasteiger partial charge in [-0.2, -0.15) is 5.48 Å². The molecule has 0 aliphatic rings. The molecule has 1 unspecified atom stereocenters. The Hall–Kier alpha value is -0.130. The zero-order chi connectivity index (χ0) is 10.5. The average Bonchev–Trinajstić information content (AvgIpc) is 1.96. The molecular formula is C5H11ClNO5P. The highest BCUT2D eigenvalue weighted by Crippen LogP contribution is 2.47. The van der Waals surface area contributed by atoms with Crippen LogP contribution in [0.4, 0.5) is 0 Å². The normalized spacial score (nSPS) is 17.5. The minimum absolute atomic E-state index is 0.356. The lowest BCUT2D eigenvalue weighted by atomic mass is 10.4. The number of hydroxylamine groups is 1. The predicted molar refractivity (Wildman–Crippen MR) is 46.0 cm³/mol. The van der Waals surface area contributed by atoms with Crippen molar-refractivity contribution in [2.24, 2.45) is 0 Å². The maximum absolute atomic E-state index is 10.9. The van der Waals surface area contributed by atoms with Crippen LogP contribution in [0.5, 0.6) is 0 Å². The number of halogens is 1. The van der Waals surface area contributed by atoms with Crippen LogP contribution in [0.2, 0.25) is 0 Å². The second kappa shape index (κ2) is 5.57. The van der Waals surface area contributed by atoms with E-state index in [0.29, 0.717) is 6.61 Å². The molecule has 0 aromatic rings. The second-order valence-corrected chi connectivity index (χ2v) is 4.50. The molecule has 0 aromatic heterocycles. The van der Waals surface area contributed by atoms with E-state index >= 15 is 0 Å². The molecule has 2 atom stereocenters. The van der Waals surface area contributed by atoms with Crippen LogP contribution in [0.25, 0.3) is 0 Å². The summed E-state index contributed by atoms with van der Waals surface area (Å²) in [4.78, 5) is 24.0. The van der Waals surface area contributed by atoms with Crippen molar-refractivity contribution in [1.29, 1.82) is 0 Å². The number of carbonyl (C=O) groups excluding carboxylic acids is 1. The van der Waals surface area contributed by atoms with Crippen LogP contribution in [-0.2, 0) is 18.7 Å². The molecule has 78 valence electrons. The van der Waals surface area contributed by atoms with Crippen LogP contribution in [0.1, 0.15) is 13.8 Å². The van der Waals surface area contributed by atoms with E-state index in [-0.39, 0.29) is 0 Å². The molecular weight excluding hydrogens is 220 g/mol. The number of hydrogen-bond acceptors (Lipinski definition) is 5. The first-order valence-corrected chi connectivity index (χ1v) is 5.98. The largest absolute Gasteiger partial charge is 0.476 e. The van der Waals surface area contributed by atoms with Crippen LogP contribution in [0, 0.1) is 0 Å². The van der Waals surface area contributed by atoms with Gasteiger partial charge in [0.1, 0.15) is 6.04 Å². The van der Waals surface area contributed by atoms with Crippen molar-refractivity contribution in [3.05, 3.63) is 0 Å². The lowest BCUT2D eigenvalue weighted by Crippen LogP contribution is -2.34. The van der Waals surface area contributed by atoms with Gasteiger partial charge in [-0.05, 0) is 13.8 Å². The summed E-state index contributed by atoms with van der Waals surface area (Å²) >= 11 is 4.81. The van der Waals surface area contributed by atoms with E-state index in [9.17, 15) is 9.36 Å². The molecule has 0 spiro atoms. The SMILES string of the molecule is CCON[C@@H](C)C(=O)OP(=O)(O)Cl. The first kappa shape index (κ1) is 12.9. The molecule has 2 N–H and O–H groups in total. The smallest absolute Gasteiger partial charge is 0.379 e.